The highest BCUT2D eigenvalue weighted by Gasteiger charge is 2.42. The van der Waals surface area contributed by atoms with Gasteiger partial charge in [-0.2, -0.15) is 4.98 Å². The lowest BCUT2D eigenvalue weighted by atomic mass is 9.78. The van der Waals surface area contributed by atoms with Gasteiger partial charge in [0, 0.05) is 31.7 Å². The van der Waals surface area contributed by atoms with Crippen LogP contribution in [0.1, 0.15) is 49.4 Å². The SMILES string of the molecule is Cl.Cl.NCc1nc(CN2CCN(Cc3ccccc3)C3(CCCCC3)C2)no1. The lowest BCUT2D eigenvalue weighted by molar-refractivity contribution is -0.0359. The summed E-state index contributed by atoms with van der Waals surface area (Å²) in [5.74, 6) is 1.28. The van der Waals surface area contributed by atoms with Gasteiger partial charge in [-0.05, 0) is 18.4 Å². The Morgan fingerprint density at radius 3 is 2.43 bits per heavy atom. The highest BCUT2D eigenvalue weighted by molar-refractivity contribution is 5.85. The van der Waals surface area contributed by atoms with E-state index in [1.807, 2.05) is 0 Å². The Hall–Kier alpha value is -1.18. The molecule has 2 aromatic rings. The second-order valence-electron chi connectivity index (χ2n) is 7.71. The zero-order chi connectivity index (χ0) is 17.8. The summed E-state index contributed by atoms with van der Waals surface area (Å²) in [7, 11) is 0. The summed E-state index contributed by atoms with van der Waals surface area (Å²) in [5.41, 5.74) is 7.28. The number of nitrogens with zero attached hydrogens (tertiary/aromatic N) is 4. The van der Waals surface area contributed by atoms with Crippen LogP contribution >= 0.6 is 24.8 Å². The molecule has 1 spiro atoms. The zero-order valence-corrected chi connectivity index (χ0v) is 17.9. The molecule has 2 N–H and O–H groups in total. The summed E-state index contributed by atoms with van der Waals surface area (Å²) in [6, 6.07) is 10.9. The van der Waals surface area contributed by atoms with Crippen LogP contribution in [0.15, 0.2) is 34.9 Å². The molecule has 1 saturated heterocycles. The minimum atomic E-state index is 0. The van der Waals surface area contributed by atoms with Gasteiger partial charge in [0.05, 0.1) is 13.1 Å². The van der Waals surface area contributed by atoms with Crippen LogP contribution < -0.4 is 5.73 Å². The van der Waals surface area contributed by atoms with Crippen molar-refractivity contribution in [2.75, 3.05) is 19.6 Å². The lowest BCUT2D eigenvalue weighted by Gasteiger charge is -2.53. The largest absolute Gasteiger partial charge is 0.338 e. The van der Waals surface area contributed by atoms with Crippen molar-refractivity contribution in [3.63, 3.8) is 0 Å². The predicted octanol–water partition coefficient (Wildman–Crippen LogP) is 3.39. The van der Waals surface area contributed by atoms with Crippen molar-refractivity contribution >= 4 is 24.8 Å². The van der Waals surface area contributed by atoms with Gasteiger partial charge in [-0.25, -0.2) is 0 Å². The number of aromatic nitrogens is 2. The van der Waals surface area contributed by atoms with Crippen molar-refractivity contribution in [1.82, 2.24) is 19.9 Å². The van der Waals surface area contributed by atoms with Crippen LogP contribution in [-0.4, -0.2) is 45.1 Å². The molecule has 6 nitrogen and oxygen atoms in total. The minimum Gasteiger partial charge on any atom is -0.338 e. The summed E-state index contributed by atoms with van der Waals surface area (Å²) < 4.78 is 5.17. The van der Waals surface area contributed by atoms with Gasteiger partial charge in [-0.1, -0.05) is 54.8 Å². The van der Waals surface area contributed by atoms with Crippen LogP contribution in [0.25, 0.3) is 0 Å². The molecular weight excluding hydrogens is 397 g/mol. The van der Waals surface area contributed by atoms with Crippen LogP contribution in [0.4, 0.5) is 0 Å². The van der Waals surface area contributed by atoms with Crippen molar-refractivity contribution in [3.8, 4) is 0 Å². The smallest absolute Gasteiger partial charge is 0.240 e. The Morgan fingerprint density at radius 2 is 1.75 bits per heavy atom. The van der Waals surface area contributed by atoms with Crippen molar-refractivity contribution in [3.05, 3.63) is 47.6 Å². The van der Waals surface area contributed by atoms with E-state index in [0.717, 1.165) is 38.5 Å². The summed E-state index contributed by atoms with van der Waals surface area (Å²) in [4.78, 5) is 9.62. The van der Waals surface area contributed by atoms with Crippen molar-refractivity contribution in [1.29, 1.82) is 0 Å². The average molecular weight is 428 g/mol. The third-order valence-corrected chi connectivity index (χ3v) is 5.93. The molecule has 2 aliphatic rings. The number of rotatable bonds is 5. The first-order valence-corrected chi connectivity index (χ1v) is 9.80. The Morgan fingerprint density at radius 1 is 1.00 bits per heavy atom. The second-order valence-corrected chi connectivity index (χ2v) is 7.71. The molecule has 8 heteroatoms. The quantitative estimate of drug-likeness (QED) is 0.787. The summed E-state index contributed by atoms with van der Waals surface area (Å²) >= 11 is 0. The van der Waals surface area contributed by atoms with E-state index in [2.05, 4.69) is 50.3 Å². The summed E-state index contributed by atoms with van der Waals surface area (Å²) in [6.07, 6.45) is 6.61. The molecule has 2 heterocycles. The minimum absolute atomic E-state index is 0. The molecule has 0 atom stereocenters. The average Bonchev–Trinajstić information content (AvgIpc) is 3.13. The highest BCUT2D eigenvalue weighted by Crippen LogP contribution is 2.37. The van der Waals surface area contributed by atoms with Gasteiger partial charge in [0.15, 0.2) is 5.82 Å². The molecule has 1 saturated carbocycles. The topological polar surface area (TPSA) is 71.4 Å². The molecule has 1 aromatic heterocycles. The van der Waals surface area contributed by atoms with E-state index in [0.29, 0.717) is 12.4 Å². The number of hydrogen-bond acceptors (Lipinski definition) is 6. The molecule has 4 rings (SSSR count). The lowest BCUT2D eigenvalue weighted by Crippen LogP contribution is -2.62. The maximum Gasteiger partial charge on any atom is 0.240 e. The second kappa shape index (κ2) is 10.6. The van der Waals surface area contributed by atoms with Gasteiger partial charge < -0.3 is 10.3 Å². The predicted molar refractivity (Wildman–Crippen MR) is 115 cm³/mol. The van der Waals surface area contributed by atoms with Gasteiger partial charge in [0.2, 0.25) is 5.89 Å². The molecule has 0 bridgehead atoms. The molecule has 0 amide bonds. The zero-order valence-electron chi connectivity index (χ0n) is 16.3. The molecule has 28 heavy (non-hydrogen) atoms. The fourth-order valence-electron chi connectivity index (χ4n) is 4.60. The first-order valence-electron chi connectivity index (χ1n) is 9.80. The molecule has 1 aliphatic heterocycles. The molecule has 0 radical (unpaired) electrons. The number of piperazine rings is 1. The maximum atomic E-state index is 5.58. The number of benzene rings is 1. The normalized spacial score (nSPS) is 19.8. The Balaban J connectivity index is 0.00000140. The first-order chi connectivity index (χ1) is 12.8. The van der Waals surface area contributed by atoms with Crippen LogP contribution in [0.3, 0.4) is 0 Å². The molecule has 156 valence electrons. The number of hydrogen-bond donors (Lipinski definition) is 1. The van der Waals surface area contributed by atoms with Crippen LogP contribution in [0, 0.1) is 0 Å². The Kier molecular flexibility index (Phi) is 8.71. The van der Waals surface area contributed by atoms with Gasteiger partial charge in [-0.15, -0.1) is 24.8 Å². The number of nitrogens with two attached hydrogens (primary N) is 1. The van der Waals surface area contributed by atoms with E-state index >= 15 is 0 Å². The number of halogens is 2. The van der Waals surface area contributed by atoms with E-state index in [1.54, 1.807) is 0 Å². The Labute approximate surface area is 179 Å². The van der Waals surface area contributed by atoms with Crippen molar-refractivity contribution in [2.45, 2.75) is 57.3 Å². The first kappa shape index (κ1) is 23.1. The van der Waals surface area contributed by atoms with Gasteiger partial charge in [0.25, 0.3) is 0 Å². The fraction of sp³-hybridized carbons (Fsp3) is 0.600. The fourth-order valence-corrected chi connectivity index (χ4v) is 4.60. The summed E-state index contributed by atoms with van der Waals surface area (Å²) in [6.45, 7) is 5.34. The standard InChI is InChI=1S/C20H29N5O.2ClH/c21-13-19-22-18(23-26-19)15-24-11-12-25(14-17-7-3-1-4-8-17)20(16-24)9-5-2-6-10-20;;/h1,3-4,7-8H,2,5-6,9-16,21H2;2*1H. The van der Waals surface area contributed by atoms with Gasteiger partial charge in [-0.3, -0.25) is 9.80 Å². The van der Waals surface area contributed by atoms with Crippen LogP contribution in [0.2, 0.25) is 0 Å². The molecular formula is C20H31Cl2N5O. The molecule has 2 fully saturated rings. The van der Waals surface area contributed by atoms with E-state index in [-0.39, 0.29) is 30.4 Å². The summed E-state index contributed by atoms with van der Waals surface area (Å²) in [5, 5.41) is 4.08. The van der Waals surface area contributed by atoms with Gasteiger partial charge in [0.1, 0.15) is 0 Å². The molecule has 0 unspecified atom stereocenters. The molecule has 1 aromatic carbocycles. The van der Waals surface area contributed by atoms with E-state index in [9.17, 15) is 0 Å². The van der Waals surface area contributed by atoms with E-state index < -0.39 is 0 Å². The molecule has 1 aliphatic carbocycles. The third-order valence-electron chi connectivity index (χ3n) is 5.93. The monoisotopic (exact) mass is 427 g/mol. The van der Waals surface area contributed by atoms with Crippen molar-refractivity contribution < 1.29 is 4.52 Å². The third kappa shape index (κ3) is 5.24. The van der Waals surface area contributed by atoms with Crippen LogP contribution in [-0.2, 0) is 19.6 Å². The highest BCUT2D eigenvalue weighted by atomic mass is 35.5. The van der Waals surface area contributed by atoms with E-state index in [4.69, 9.17) is 10.3 Å². The Bertz CT molecular complexity index is 706. The van der Waals surface area contributed by atoms with Crippen LogP contribution in [0.5, 0.6) is 0 Å². The van der Waals surface area contributed by atoms with Crippen molar-refractivity contribution in [2.24, 2.45) is 5.73 Å². The van der Waals surface area contributed by atoms with Gasteiger partial charge >= 0.3 is 0 Å². The maximum absolute atomic E-state index is 5.58. The van der Waals surface area contributed by atoms with E-state index in [1.165, 1.54) is 37.7 Å².